The Hall–Kier alpha value is -4.62. The second-order valence-corrected chi connectivity index (χ2v) is 12.3. The Bertz CT molecular complexity index is 1780. The molecule has 0 spiro atoms. The molecule has 3 aromatic heterocycles. The number of pyridine rings is 1. The van der Waals surface area contributed by atoms with Crippen LogP contribution in [0.5, 0.6) is 5.06 Å². The number of amides is 2. The molecule has 2 N–H and O–H groups in total. The maximum Gasteiger partial charge on any atom is 0.419 e. The lowest BCUT2D eigenvalue weighted by molar-refractivity contribution is -0.140. The summed E-state index contributed by atoms with van der Waals surface area (Å²) in [7, 11) is 3.39. The normalized spacial score (nSPS) is 16.8. The minimum Gasteiger partial charge on any atom is -0.399 e. The third-order valence-electron chi connectivity index (χ3n) is 8.16. The number of likely N-dealkylation sites (N-methyl/N-ethyl adjacent to an activating group) is 2. The highest BCUT2D eigenvalue weighted by molar-refractivity contribution is 7.14. The van der Waals surface area contributed by atoms with Crippen LogP contribution in [0.4, 0.5) is 26.5 Å². The number of benzene rings is 1. The van der Waals surface area contributed by atoms with Crippen molar-refractivity contribution < 1.29 is 18.7 Å². The molecule has 1 saturated heterocycles. The van der Waals surface area contributed by atoms with E-state index in [1.807, 2.05) is 32.2 Å². The number of nitrogens with zero attached hydrogens (tertiary/aromatic N) is 5. The predicted octanol–water partition coefficient (Wildman–Crippen LogP) is 5.11. The number of thiophene rings is 1. The van der Waals surface area contributed by atoms with Crippen molar-refractivity contribution in [2.24, 2.45) is 7.05 Å². The summed E-state index contributed by atoms with van der Waals surface area (Å²) in [6.45, 7) is 4.27. The summed E-state index contributed by atoms with van der Waals surface area (Å²) in [6, 6.07) is 11.4. The van der Waals surface area contributed by atoms with Crippen LogP contribution in [-0.2, 0) is 24.7 Å². The third-order valence-corrected chi connectivity index (χ3v) is 9.28. The van der Waals surface area contributed by atoms with Gasteiger partial charge in [-0.25, -0.2) is 19.2 Å². The molecule has 4 aromatic rings. The Balaban J connectivity index is 1.19. The standard InChI is InChI=1S/C32H34FN7O4S/c1-4-40-16-15-38(2)30(41)27(40)19-9-11-21(12-10-19)34-29-31(42)39(3)18-24(36-29)23-14-13-22(33)28(35-23)37-32(43)44-26-17-20-7-5-6-8-25(20)45-26/h9-14,17-18,27H,4-8,15-16H2,1-3H3,(H,34,36)(H,35,37,43). The molecule has 11 nitrogen and oxygen atoms in total. The molecule has 6 rings (SSSR count). The summed E-state index contributed by atoms with van der Waals surface area (Å²) < 4.78 is 21.5. The molecular weight excluding hydrogens is 597 g/mol. The molecule has 45 heavy (non-hydrogen) atoms. The van der Waals surface area contributed by atoms with E-state index in [4.69, 9.17) is 4.74 Å². The molecule has 1 unspecified atom stereocenters. The fourth-order valence-electron chi connectivity index (χ4n) is 5.67. The van der Waals surface area contributed by atoms with Crippen LogP contribution in [0.3, 0.4) is 0 Å². The van der Waals surface area contributed by atoms with Gasteiger partial charge in [-0.05, 0) is 73.7 Å². The summed E-state index contributed by atoms with van der Waals surface area (Å²) in [6.07, 6.45) is 4.79. The first-order valence-electron chi connectivity index (χ1n) is 14.9. The van der Waals surface area contributed by atoms with E-state index in [0.717, 1.165) is 44.3 Å². The minimum atomic E-state index is -0.847. The zero-order valence-electron chi connectivity index (χ0n) is 25.3. The predicted molar refractivity (Wildman–Crippen MR) is 171 cm³/mol. The first kappa shape index (κ1) is 30.4. The maximum atomic E-state index is 14.7. The molecule has 1 atom stereocenters. The number of anilines is 3. The fourth-order valence-corrected chi connectivity index (χ4v) is 6.77. The molecule has 2 amide bonds. The van der Waals surface area contributed by atoms with Gasteiger partial charge in [0.05, 0.1) is 5.69 Å². The number of rotatable bonds is 7. The van der Waals surface area contributed by atoms with Crippen molar-refractivity contribution in [2.45, 2.75) is 38.6 Å². The second kappa shape index (κ2) is 12.8. The van der Waals surface area contributed by atoms with Gasteiger partial charge in [0, 0.05) is 43.9 Å². The third kappa shape index (κ3) is 6.45. The lowest BCUT2D eigenvalue weighted by Crippen LogP contribution is -2.50. The minimum absolute atomic E-state index is 0.0353. The molecule has 4 heterocycles. The fraction of sp³-hybridized carbons (Fsp3) is 0.344. The molecule has 1 aliphatic carbocycles. The molecule has 1 fully saturated rings. The van der Waals surface area contributed by atoms with Crippen molar-refractivity contribution >= 4 is 40.7 Å². The SMILES string of the molecule is CCN1CCN(C)C(=O)C1c1ccc(Nc2nc(-c3ccc(F)c(NC(=O)Oc4cc5c(s4)CCCC5)n3)cn(C)c2=O)cc1. The lowest BCUT2D eigenvalue weighted by atomic mass is 10.00. The van der Waals surface area contributed by atoms with Crippen molar-refractivity contribution in [3.05, 3.63) is 80.8 Å². The van der Waals surface area contributed by atoms with Gasteiger partial charge in [-0.1, -0.05) is 19.1 Å². The van der Waals surface area contributed by atoms with Crippen LogP contribution in [-0.4, -0.2) is 63.0 Å². The second-order valence-electron chi connectivity index (χ2n) is 11.2. The Morgan fingerprint density at radius 3 is 2.53 bits per heavy atom. The Labute approximate surface area is 263 Å². The van der Waals surface area contributed by atoms with Gasteiger partial charge in [-0.2, -0.15) is 0 Å². The van der Waals surface area contributed by atoms with Crippen molar-refractivity contribution in [1.29, 1.82) is 0 Å². The molecule has 0 bridgehead atoms. The van der Waals surface area contributed by atoms with Gasteiger partial charge in [-0.15, -0.1) is 11.3 Å². The van der Waals surface area contributed by atoms with Crippen molar-refractivity contribution in [3.63, 3.8) is 0 Å². The zero-order valence-corrected chi connectivity index (χ0v) is 26.1. The van der Waals surface area contributed by atoms with Crippen LogP contribution in [0.2, 0.25) is 0 Å². The number of aryl methyl sites for hydroxylation is 3. The topological polar surface area (TPSA) is 122 Å². The number of hydrogen-bond acceptors (Lipinski definition) is 9. The molecular formula is C32H34FN7O4S. The van der Waals surface area contributed by atoms with Crippen molar-refractivity contribution in [3.8, 4) is 16.5 Å². The van der Waals surface area contributed by atoms with E-state index in [-0.39, 0.29) is 40.5 Å². The number of hydrogen-bond donors (Lipinski definition) is 2. The van der Waals surface area contributed by atoms with E-state index in [1.165, 1.54) is 44.7 Å². The van der Waals surface area contributed by atoms with E-state index in [9.17, 15) is 18.8 Å². The van der Waals surface area contributed by atoms with Gasteiger partial charge < -0.3 is 19.5 Å². The average Bonchev–Trinajstić information content (AvgIpc) is 3.44. The van der Waals surface area contributed by atoms with Gasteiger partial charge in [0.1, 0.15) is 11.7 Å². The Morgan fingerprint density at radius 1 is 1.02 bits per heavy atom. The Kier molecular flexibility index (Phi) is 8.63. The number of nitrogens with one attached hydrogen (secondary N) is 2. The highest BCUT2D eigenvalue weighted by Crippen LogP contribution is 2.35. The number of carbonyl (C=O) groups excluding carboxylic acids is 2. The van der Waals surface area contributed by atoms with Gasteiger partial charge in [-0.3, -0.25) is 19.8 Å². The smallest absolute Gasteiger partial charge is 0.399 e. The number of piperazine rings is 1. The maximum absolute atomic E-state index is 14.7. The summed E-state index contributed by atoms with van der Waals surface area (Å²) in [5, 5.41) is 5.91. The number of carbonyl (C=O) groups is 2. The van der Waals surface area contributed by atoms with Gasteiger partial charge in [0.2, 0.25) is 5.91 Å². The summed E-state index contributed by atoms with van der Waals surface area (Å²) in [5.41, 5.74) is 2.80. The van der Waals surface area contributed by atoms with Gasteiger partial charge >= 0.3 is 6.09 Å². The first-order valence-corrected chi connectivity index (χ1v) is 15.7. The summed E-state index contributed by atoms with van der Waals surface area (Å²) in [4.78, 5) is 52.3. The van der Waals surface area contributed by atoms with E-state index in [0.29, 0.717) is 17.3 Å². The molecule has 234 valence electrons. The number of ether oxygens (including phenoxy) is 1. The van der Waals surface area contributed by atoms with Gasteiger partial charge in [0.25, 0.3) is 5.56 Å². The van der Waals surface area contributed by atoms with Crippen LogP contribution >= 0.6 is 11.3 Å². The van der Waals surface area contributed by atoms with Crippen molar-refractivity contribution in [1.82, 2.24) is 24.3 Å². The van der Waals surface area contributed by atoms with Crippen molar-refractivity contribution in [2.75, 3.05) is 37.3 Å². The largest absolute Gasteiger partial charge is 0.419 e. The molecule has 0 radical (unpaired) electrons. The zero-order chi connectivity index (χ0) is 31.7. The monoisotopic (exact) mass is 631 g/mol. The number of fused-ring (bicyclic) bond motifs is 1. The van der Waals surface area contributed by atoms with E-state index in [1.54, 1.807) is 24.1 Å². The summed E-state index contributed by atoms with van der Waals surface area (Å²) in [5.74, 6) is -0.975. The van der Waals surface area contributed by atoms with Crippen LogP contribution in [0.25, 0.3) is 11.4 Å². The van der Waals surface area contributed by atoms with E-state index in [2.05, 4.69) is 25.5 Å². The summed E-state index contributed by atoms with van der Waals surface area (Å²) >= 11 is 1.43. The van der Waals surface area contributed by atoms with Crippen LogP contribution < -0.4 is 20.9 Å². The Morgan fingerprint density at radius 2 is 1.78 bits per heavy atom. The van der Waals surface area contributed by atoms with Crippen LogP contribution in [0.1, 0.15) is 41.8 Å². The molecule has 1 aromatic carbocycles. The van der Waals surface area contributed by atoms with E-state index < -0.39 is 11.9 Å². The average molecular weight is 632 g/mol. The molecule has 2 aliphatic rings. The molecule has 0 saturated carbocycles. The van der Waals surface area contributed by atoms with Crippen LogP contribution in [0.15, 0.2) is 53.5 Å². The highest BCUT2D eigenvalue weighted by atomic mass is 32.1. The van der Waals surface area contributed by atoms with Crippen LogP contribution in [0, 0.1) is 5.82 Å². The highest BCUT2D eigenvalue weighted by Gasteiger charge is 2.33. The molecule has 1 aliphatic heterocycles. The number of aromatic nitrogens is 3. The lowest BCUT2D eigenvalue weighted by Gasteiger charge is -2.38. The quantitative estimate of drug-likeness (QED) is 0.289. The number of halogens is 1. The first-order chi connectivity index (χ1) is 21.7. The van der Waals surface area contributed by atoms with E-state index >= 15 is 0 Å². The van der Waals surface area contributed by atoms with Gasteiger partial charge in [0.15, 0.2) is 22.5 Å². The molecule has 13 heteroatoms.